The van der Waals surface area contributed by atoms with Crippen LogP contribution in [-0.4, -0.2) is 14.5 Å². The van der Waals surface area contributed by atoms with Gasteiger partial charge in [0.05, 0.1) is 23.6 Å². The Labute approximate surface area is 63.7 Å². The third-order valence-electron chi connectivity index (χ3n) is 1.63. The summed E-state index contributed by atoms with van der Waals surface area (Å²) in [4.78, 5) is 8.08. The molecule has 2 aromatic heterocycles. The maximum absolute atomic E-state index is 5.47. The molecule has 2 aromatic rings. The first-order valence-corrected chi connectivity index (χ1v) is 3.30. The Morgan fingerprint density at radius 2 is 2.27 bits per heavy atom. The Balaban J connectivity index is 2.86. The van der Waals surface area contributed by atoms with Crippen LogP contribution in [0.3, 0.4) is 0 Å². The highest BCUT2D eigenvalue weighted by Crippen LogP contribution is 2.11. The zero-order chi connectivity index (χ0) is 7.84. The largest absolute Gasteiger partial charge is 0.384 e. The minimum atomic E-state index is 0.510. The van der Waals surface area contributed by atoms with Crippen molar-refractivity contribution >= 4 is 16.9 Å². The number of anilines is 1. The van der Waals surface area contributed by atoms with E-state index in [1.165, 1.54) is 0 Å². The van der Waals surface area contributed by atoms with Crippen LogP contribution in [0.4, 0.5) is 5.82 Å². The third kappa shape index (κ3) is 0.832. The Morgan fingerprint density at radius 3 is 3.09 bits per heavy atom. The second kappa shape index (κ2) is 1.95. The van der Waals surface area contributed by atoms with Crippen LogP contribution in [0.15, 0.2) is 18.6 Å². The van der Waals surface area contributed by atoms with Gasteiger partial charge in [-0.15, -0.1) is 0 Å². The van der Waals surface area contributed by atoms with Gasteiger partial charge in [0.1, 0.15) is 5.82 Å². The molecule has 56 valence electrons. The lowest BCUT2D eigenvalue weighted by Crippen LogP contribution is -1.90. The van der Waals surface area contributed by atoms with Gasteiger partial charge in [-0.3, -0.25) is 0 Å². The zero-order valence-electron chi connectivity index (χ0n) is 6.15. The highest BCUT2D eigenvalue weighted by Gasteiger charge is 1.98. The summed E-state index contributed by atoms with van der Waals surface area (Å²) in [5.74, 6) is 0.510. The highest BCUT2D eigenvalue weighted by molar-refractivity contribution is 5.76. The van der Waals surface area contributed by atoms with E-state index in [9.17, 15) is 0 Å². The Kier molecular flexibility index (Phi) is 1.09. The second-order valence-electron chi connectivity index (χ2n) is 2.45. The van der Waals surface area contributed by atoms with E-state index in [1.807, 2.05) is 11.6 Å². The summed E-state index contributed by atoms with van der Waals surface area (Å²) in [6, 6.07) is 1.76. The lowest BCUT2D eigenvalue weighted by Gasteiger charge is -1.93. The van der Waals surface area contributed by atoms with Crippen LogP contribution in [0.25, 0.3) is 11.0 Å². The number of pyridine rings is 1. The van der Waals surface area contributed by atoms with Gasteiger partial charge in [0.25, 0.3) is 0 Å². The Hall–Kier alpha value is -1.58. The van der Waals surface area contributed by atoms with E-state index in [2.05, 4.69) is 9.97 Å². The first kappa shape index (κ1) is 6.15. The number of hydrogen-bond donors (Lipinski definition) is 1. The Morgan fingerprint density at radius 1 is 1.45 bits per heavy atom. The van der Waals surface area contributed by atoms with E-state index in [4.69, 9.17) is 5.73 Å². The normalized spacial score (nSPS) is 10.6. The van der Waals surface area contributed by atoms with Crippen molar-refractivity contribution in [1.29, 1.82) is 0 Å². The lowest BCUT2D eigenvalue weighted by atomic mass is 10.4. The van der Waals surface area contributed by atoms with Gasteiger partial charge in [-0.1, -0.05) is 0 Å². The number of imidazole rings is 1. The van der Waals surface area contributed by atoms with Gasteiger partial charge >= 0.3 is 0 Å². The molecule has 0 spiro atoms. The molecule has 0 atom stereocenters. The van der Waals surface area contributed by atoms with Gasteiger partial charge in [-0.05, 0) is 0 Å². The SMILES string of the molecule is Cn1cnc2cc(N)ncc21. The fourth-order valence-corrected chi connectivity index (χ4v) is 1.04. The van der Waals surface area contributed by atoms with E-state index in [1.54, 1.807) is 18.6 Å². The predicted octanol–water partition coefficient (Wildman–Crippen LogP) is 0.550. The fraction of sp³-hybridized carbons (Fsp3) is 0.143. The molecule has 11 heavy (non-hydrogen) atoms. The van der Waals surface area contributed by atoms with Crippen molar-refractivity contribution in [2.75, 3.05) is 5.73 Å². The van der Waals surface area contributed by atoms with Gasteiger partial charge in [-0.25, -0.2) is 9.97 Å². The number of aromatic nitrogens is 3. The second-order valence-corrected chi connectivity index (χ2v) is 2.45. The van der Waals surface area contributed by atoms with Crippen molar-refractivity contribution < 1.29 is 0 Å². The highest BCUT2D eigenvalue weighted by atomic mass is 15.0. The first-order valence-electron chi connectivity index (χ1n) is 3.30. The van der Waals surface area contributed by atoms with Crippen molar-refractivity contribution in [2.24, 2.45) is 7.05 Å². The maximum Gasteiger partial charge on any atom is 0.125 e. The average molecular weight is 148 g/mol. The van der Waals surface area contributed by atoms with Gasteiger partial charge in [0, 0.05) is 13.1 Å². The van der Waals surface area contributed by atoms with Gasteiger partial charge in [0.2, 0.25) is 0 Å². The van der Waals surface area contributed by atoms with Crippen LogP contribution in [0, 0.1) is 0 Å². The topological polar surface area (TPSA) is 56.7 Å². The molecule has 0 bridgehead atoms. The minimum absolute atomic E-state index is 0.510. The van der Waals surface area contributed by atoms with Gasteiger partial charge in [-0.2, -0.15) is 0 Å². The number of aryl methyl sites for hydroxylation is 1. The summed E-state index contributed by atoms with van der Waals surface area (Å²) in [7, 11) is 1.92. The van der Waals surface area contributed by atoms with Crippen LogP contribution < -0.4 is 5.73 Å². The molecule has 0 saturated carbocycles. The summed E-state index contributed by atoms with van der Waals surface area (Å²) < 4.78 is 1.90. The summed E-state index contributed by atoms with van der Waals surface area (Å²) in [5.41, 5.74) is 7.36. The van der Waals surface area contributed by atoms with Crippen LogP contribution >= 0.6 is 0 Å². The number of fused-ring (bicyclic) bond motifs is 1. The van der Waals surface area contributed by atoms with Crippen molar-refractivity contribution in [3.63, 3.8) is 0 Å². The molecule has 0 aliphatic heterocycles. The molecule has 4 heteroatoms. The molecule has 0 amide bonds. The molecule has 0 aromatic carbocycles. The van der Waals surface area contributed by atoms with Crippen LogP contribution in [0.2, 0.25) is 0 Å². The molecule has 0 saturated heterocycles. The van der Waals surface area contributed by atoms with E-state index < -0.39 is 0 Å². The fourth-order valence-electron chi connectivity index (χ4n) is 1.04. The molecular formula is C7H8N4. The van der Waals surface area contributed by atoms with Gasteiger partial charge < -0.3 is 10.3 Å². The molecule has 0 aliphatic rings. The summed E-state index contributed by atoms with van der Waals surface area (Å²) in [6.45, 7) is 0. The van der Waals surface area contributed by atoms with E-state index in [-0.39, 0.29) is 0 Å². The monoisotopic (exact) mass is 148 g/mol. The molecular weight excluding hydrogens is 140 g/mol. The van der Waals surface area contributed by atoms with Crippen LogP contribution in [0.1, 0.15) is 0 Å². The molecule has 4 nitrogen and oxygen atoms in total. The van der Waals surface area contributed by atoms with E-state index in [0.29, 0.717) is 5.82 Å². The van der Waals surface area contributed by atoms with Crippen LogP contribution in [-0.2, 0) is 7.05 Å². The summed E-state index contributed by atoms with van der Waals surface area (Å²) >= 11 is 0. The quantitative estimate of drug-likeness (QED) is 0.593. The number of nitrogen functional groups attached to an aromatic ring is 1. The zero-order valence-corrected chi connectivity index (χ0v) is 6.15. The van der Waals surface area contributed by atoms with E-state index >= 15 is 0 Å². The first-order chi connectivity index (χ1) is 5.27. The number of nitrogens with zero attached hydrogens (tertiary/aromatic N) is 3. The van der Waals surface area contributed by atoms with Crippen LogP contribution in [0.5, 0.6) is 0 Å². The standard InChI is InChI=1S/C7H8N4/c1-11-4-10-5-2-7(8)9-3-6(5)11/h2-4H,1H3,(H2,8,9). The average Bonchev–Trinajstić information content (AvgIpc) is 2.32. The smallest absolute Gasteiger partial charge is 0.125 e. The molecule has 2 N–H and O–H groups in total. The van der Waals surface area contributed by atoms with Crippen molar-refractivity contribution in [1.82, 2.24) is 14.5 Å². The maximum atomic E-state index is 5.47. The predicted molar refractivity (Wildman–Crippen MR) is 42.9 cm³/mol. The molecule has 0 fully saturated rings. The van der Waals surface area contributed by atoms with E-state index in [0.717, 1.165) is 11.0 Å². The molecule has 2 rings (SSSR count). The third-order valence-corrected chi connectivity index (χ3v) is 1.63. The molecule has 0 aliphatic carbocycles. The molecule has 0 radical (unpaired) electrons. The van der Waals surface area contributed by atoms with Crippen molar-refractivity contribution in [2.45, 2.75) is 0 Å². The van der Waals surface area contributed by atoms with Crippen molar-refractivity contribution in [3.05, 3.63) is 18.6 Å². The lowest BCUT2D eigenvalue weighted by molar-refractivity contribution is 0.945. The number of rotatable bonds is 0. The number of nitrogens with two attached hydrogens (primary N) is 1. The summed E-state index contributed by atoms with van der Waals surface area (Å²) in [5, 5.41) is 0. The molecule has 0 unspecified atom stereocenters. The van der Waals surface area contributed by atoms with Gasteiger partial charge in [0.15, 0.2) is 0 Å². The molecule has 2 heterocycles. The minimum Gasteiger partial charge on any atom is -0.384 e. The summed E-state index contributed by atoms with van der Waals surface area (Å²) in [6.07, 6.45) is 3.46. The van der Waals surface area contributed by atoms with Crippen molar-refractivity contribution in [3.8, 4) is 0 Å². The Bertz CT molecular complexity index is 390. The number of hydrogen-bond acceptors (Lipinski definition) is 3.